The Morgan fingerprint density at radius 3 is 1.90 bits per heavy atom. The third-order valence-electron chi connectivity index (χ3n) is 2.39. The van der Waals surface area contributed by atoms with Crippen molar-refractivity contribution >= 4 is 16.1 Å². The predicted octanol–water partition coefficient (Wildman–Crippen LogP) is 0.972. The maximum atomic E-state index is 10.2. The topological polar surface area (TPSA) is 72.8 Å². The molecule has 0 saturated carbocycles. The smallest absolute Gasteiger partial charge is 0.298 e. The van der Waals surface area contributed by atoms with E-state index in [0.29, 0.717) is 5.56 Å². The van der Waals surface area contributed by atoms with Crippen molar-refractivity contribution < 1.29 is 17.5 Å². The number of hydrogen-bond donors (Lipinski definition) is 0. The van der Waals surface area contributed by atoms with Crippen molar-refractivity contribution in [3.05, 3.63) is 35.9 Å². The van der Waals surface area contributed by atoms with Crippen LogP contribution in [0, 0.1) is 0 Å². The van der Waals surface area contributed by atoms with Gasteiger partial charge in [0.05, 0.1) is 37.0 Å². The average molecular weight is 315 g/mol. The Morgan fingerprint density at radius 2 is 1.67 bits per heavy atom. The van der Waals surface area contributed by atoms with Gasteiger partial charge in [-0.15, -0.1) is 0 Å². The molecule has 0 aliphatic heterocycles. The van der Waals surface area contributed by atoms with Crippen LogP contribution in [0.4, 0.5) is 0 Å². The highest BCUT2D eigenvalue weighted by Crippen LogP contribution is 2.02. The zero-order valence-corrected chi connectivity index (χ0v) is 14.4. The highest BCUT2D eigenvalue weighted by Gasteiger charge is 2.18. The molecule has 0 aliphatic carbocycles. The molecule has 21 heavy (non-hydrogen) atoms. The summed E-state index contributed by atoms with van der Waals surface area (Å²) in [4.78, 5) is 6.20. The molecule has 0 bridgehead atoms. The van der Waals surface area contributed by atoms with Crippen LogP contribution in [-0.4, -0.2) is 70.6 Å². The van der Waals surface area contributed by atoms with E-state index in [-0.39, 0.29) is 0 Å². The molecule has 0 unspecified atom stereocenters. The molecule has 0 N–H and O–H groups in total. The summed E-state index contributed by atoms with van der Waals surface area (Å²) in [5, 5.41) is 0. The molecule has 120 valence electrons. The van der Waals surface area contributed by atoms with Crippen molar-refractivity contribution in [2.45, 2.75) is 5.75 Å². The summed E-state index contributed by atoms with van der Waals surface area (Å²) in [7, 11) is 8.00. The van der Waals surface area contributed by atoms with Gasteiger partial charge >= 0.3 is 0 Å². The molecule has 7 heteroatoms. The second kappa shape index (κ2) is 8.11. The summed E-state index contributed by atoms with van der Waals surface area (Å²) < 4.78 is 31.5. The number of rotatable bonds is 2. The van der Waals surface area contributed by atoms with Crippen LogP contribution in [0.2, 0.25) is 0 Å². The van der Waals surface area contributed by atoms with Gasteiger partial charge in [-0.3, -0.25) is 4.48 Å². The number of nitrogens with zero attached hydrogens (tertiary/aromatic N) is 3. The van der Waals surface area contributed by atoms with Crippen LogP contribution in [0.5, 0.6) is 0 Å². The van der Waals surface area contributed by atoms with Crippen molar-refractivity contribution in [1.82, 2.24) is 4.90 Å². The SMILES string of the molecule is CN=C(N(C)C)[N+](C)(C)C.O=S(=O)([O-])Cc1ccccc1. The molecule has 0 amide bonds. The molecule has 0 atom stereocenters. The molecule has 0 heterocycles. The van der Waals surface area contributed by atoms with E-state index in [1.165, 1.54) is 0 Å². The first kappa shape index (κ1) is 19.6. The normalized spacial score (nSPS) is 12.4. The van der Waals surface area contributed by atoms with E-state index >= 15 is 0 Å². The first-order valence-electron chi connectivity index (χ1n) is 6.41. The van der Waals surface area contributed by atoms with Gasteiger partial charge in [0, 0.05) is 21.1 Å². The number of quaternary nitrogens is 1. The fourth-order valence-corrected chi connectivity index (χ4v) is 2.48. The first-order valence-corrected chi connectivity index (χ1v) is 7.98. The molecule has 1 aromatic carbocycles. The Bertz CT molecular complexity index is 547. The van der Waals surface area contributed by atoms with E-state index in [9.17, 15) is 13.0 Å². The molecule has 0 spiro atoms. The summed E-state index contributed by atoms with van der Waals surface area (Å²) in [6.45, 7) is 0. The van der Waals surface area contributed by atoms with Crippen molar-refractivity contribution in [3.63, 3.8) is 0 Å². The van der Waals surface area contributed by atoms with E-state index in [0.717, 1.165) is 10.4 Å². The van der Waals surface area contributed by atoms with Gasteiger partial charge in [-0.25, -0.2) is 13.4 Å². The van der Waals surface area contributed by atoms with Gasteiger partial charge in [0.2, 0.25) is 0 Å². The zero-order valence-electron chi connectivity index (χ0n) is 13.6. The van der Waals surface area contributed by atoms with Crippen LogP contribution in [0.15, 0.2) is 35.3 Å². The predicted molar refractivity (Wildman–Crippen MR) is 84.9 cm³/mol. The van der Waals surface area contributed by atoms with E-state index in [4.69, 9.17) is 0 Å². The van der Waals surface area contributed by atoms with Gasteiger partial charge in [-0.1, -0.05) is 30.3 Å². The van der Waals surface area contributed by atoms with Crippen LogP contribution >= 0.6 is 0 Å². The lowest BCUT2D eigenvalue weighted by molar-refractivity contribution is -0.782. The number of hydrogen-bond acceptors (Lipinski definition) is 4. The Balaban J connectivity index is 0.000000384. The van der Waals surface area contributed by atoms with E-state index in [1.807, 2.05) is 26.0 Å². The Labute approximate surface area is 128 Å². The van der Waals surface area contributed by atoms with Gasteiger partial charge in [0.15, 0.2) is 0 Å². The number of aliphatic imine (C=N–C) groups is 1. The van der Waals surface area contributed by atoms with E-state index in [2.05, 4.69) is 26.1 Å². The van der Waals surface area contributed by atoms with Crippen molar-refractivity contribution in [1.29, 1.82) is 0 Å². The fraction of sp³-hybridized carbons (Fsp3) is 0.500. The maximum Gasteiger partial charge on any atom is 0.298 e. The molecular weight excluding hydrogens is 290 g/mol. The highest BCUT2D eigenvalue weighted by atomic mass is 32.2. The lowest BCUT2D eigenvalue weighted by atomic mass is 10.2. The molecule has 0 aliphatic rings. The minimum atomic E-state index is -4.13. The summed E-state index contributed by atoms with van der Waals surface area (Å²) in [5.74, 6) is 0.647. The van der Waals surface area contributed by atoms with E-state index in [1.54, 1.807) is 30.3 Å². The fourth-order valence-electron chi connectivity index (χ4n) is 1.88. The van der Waals surface area contributed by atoms with Crippen LogP contribution in [0.1, 0.15) is 5.56 Å². The van der Waals surface area contributed by atoms with Crippen molar-refractivity contribution in [2.24, 2.45) is 4.99 Å². The Kier molecular flexibility index (Phi) is 7.56. The van der Waals surface area contributed by atoms with Crippen LogP contribution in [0.3, 0.4) is 0 Å². The average Bonchev–Trinajstić information content (AvgIpc) is 2.27. The minimum Gasteiger partial charge on any atom is -0.748 e. The largest absolute Gasteiger partial charge is 0.748 e. The standard InChI is InChI=1S/C7H18N3.C7H8O3S/c1-8-7(9(2)3)10(4,5)6;8-11(9,10)6-7-4-2-1-3-5-7/h1-6H3;1-5H,6H2,(H,8,9,10)/q+1;/p-1. The Morgan fingerprint density at radius 1 is 1.19 bits per heavy atom. The summed E-state index contributed by atoms with van der Waals surface area (Å²) in [5.41, 5.74) is 0.530. The van der Waals surface area contributed by atoms with Gasteiger partial charge in [0.1, 0.15) is 0 Å². The molecule has 0 aromatic heterocycles. The van der Waals surface area contributed by atoms with Gasteiger partial charge in [0.25, 0.3) is 5.96 Å². The minimum absolute atomic E-state index is 0.423. The van der Waals surface area contributed by atoms with Crippen LogP contribution in [-0.2, 0) is 15.9 Å². The number of benzene rings is 1. The Hall–Kier alpha value is -1.44. The number of guanidine groups is 1. The summed E-state index contributed by atoms with van der Waals surface area (Å²) in [6.07, 6.45) is 0. The molecular formula is C14H25N3O3S. The first-order chi connectivity index (χ1) is 9.47. The third kappa shape index (κ3) is 9.17. The second-order valence-electron chi connectivity index (χ2n) is 5.62. The van der Waals surface area contributed by atoms with Crippen molar-refractivity contribution in [2.75, 3.05) is 42.3 Å². The van der Waals surface area contributed by atoms with Crippen LogP contribution in [0.25, 0.3) is 0 Å². The maximum absolute atomic E-state index is 10.2. The molecule has 6 nitrogen and oxygen atoms in total. The van der Waals surface area contributed by atoms with Crippen LogP contribution < -0.4 is 0 Å². The summed E-state index contributed by atoms with van der Waals surface area (Å²) >= 11 is 0. The van der Waals surface area contributed by atoms with Gasteiger partial charge in [-0.05, 0) is 5.56 Å². The molecule has 0 radical (unpaired) electrons. The molecule has 1 aromatic rings. The van der Waals surface area contributed by atoms with Crippen molar-refractivity contribution in [3.8, 4) is 0 Å². The van der Waals surface area contributed by atoms with Gasteiger partial charge < -0.3 is 9.45 Å². The van der Waals surface area contributed by atoms with E-state index < -0.39 is 15.9 Å². The lowest BCUT2D eigenvalue weighted by Gasteiger charge is -2.28. The monoisotopic (exact) mass is 315 g/mol. The molecule has 1 rings (SSSR count). The molecule has 0 saturated heterocycles. The lowest BCUT2D eigenvalue weighted by Crippen LogP contribution is -2.48. The zero-order chi connectivity index (χ0) is 16.7. The molecule has 0 fully saturated rings. The second-order valence-corrected chi connectivity index (χ2v) is 7.02. The van der Waals surface area contributed by atoms with Gasteiger partial charge in [-0.2, -0.15) is 0 Å². The quantitative estimate of drug-likeness (QED) is 0.353. The summed E-state index contributed by atoms with van der Waals surface area (Å²) in [6, 6.07) is 8.37. The third-order valence-corrected chi connectivity index (χ3v) is 3.07. The highest BCUT2D eigenvalue weighted by molar-refractivity contribution is 7.84.